The average Bonchev–Trinajstić information content (AvgIpc) is 2.47. The van der Waals surface area contributed by atoms with Gasteiger partial charge in [-0.2, -0.15) is 0 Å². The topological polar surface area (TPSA) is 70.6 Å². The minimum Gasteiger partial charge on any atom is -0.409 e. The molecule has 0 aliphatic rings. The van der Waals surface area contributed by atoms with Gasteiger partial charge in [-0.25, -0.2) is 0 Å². The van der Waals surface area contributed by atoms with Gasteiger partial charge in [0.2, 0.25) is 0 Å². The molecule has 4 nitrogen and oxygen atoms in total. The Bertz CT molecular complexity index is 641. The van der Waals surface area contributed by atoms with Gasteiger partial charge in [-0.3, -0.25) is 0 Å². The van der Waals surface area contributed by atoms with E-state index in [1.807, 2.05) is 36.4 Å². The van der Waals surface area contributed by atoms with Crippen molar-refractivity contribution >= 4 is 27.5 Å². The fourth-order valence-corrected chi connectivity index (χ4v) is 2.24. The Hall–Kier alpha value is -2.01. The summed E-state index contributed by atoms with van der Waals surface area (Å²) >= 11 is 3.46. The third-order valence-electron chi connectivity index (χ3n) is 3.01. The van der Waals surface area contributed by atoms with E-state index in [2.05, 4.69) is 39.4 Å². The Morgan fingerprint density at radius 3 is 2.85 bits per heavy atom. The molecular formula is C15H16BrN3O. The highest BCUT2D eigenvalue weighted by molar-refractivity contribution is 9.10. The van der Waals surface area contributed by atoms with Crippen LogP contribution in [0.2, 0.25) is 0 Å². The molecule has 20 heavy (non-hydrogen) atoms. The Kier molecular flexibility index (Phi) is 4.63. The maximum Gasteiger partial charge on any atom is 0.170 e. The van der Waals surface area contributed by atoms with Gasteiger partial charge in [0.25, 0.3) is 0 Å². The molecular weight excluding hydrogens is 318 g/mol. The summed E-state index contributed by atoms with van der Waals surface area (Å²) in [5, 5.41) is 15.1. The molecule has 5 heteroatoms. The molecule has 0 heterocycles. The van der Waals surface area contributed by atoms with Crippen LogP contribution in [0, 0.1) is 6.92 Å². The molecule has 0 aliphatic carbocycles. The van der Waals surface area contributed by atoms with Crippen molar-refractivity contribution in [3.8, 4) is 0 Å². The highest BCUT2D eigenvalue weighted by atomic mass is 79.9. The number of nitrogens with zero attached hydrogens (tertiary/aromatic N) is 1. The summed E-state index contributed by atoms with van der Waals surface area (Å²) in [6, 6.07) is 13.7. The van der Waals surface area contributed by atoms with Gasteiger partial charge in [-0.05, 0) is 36.2 Å². The molecule has 0 amide bonds. The van der Waals surface area contributed by atoms with E-state index in [-0.39, 0.29) is 5.84 Å². The number of halogens is 1. The highest BCUT2D eigenvalue weighted by Crippen LogP contribution is 2.21. The summed E-state index contributed by atoms with van der Waals surface area (Å²) in [7, 11) is 0. The molecule has 0 unspecified atom stereocenters. The average molecular weight is 334 g/mol. The monoisotopic (exact) mass is 333 g/mol. The van der Waals surface area contributed by atoms with E-state index in [1.54, 1.807) is 0 Å². The summed E-state index contributed by atoms with van der Waals surface area (Å²) < 4.78 is 1.04. The second-order valence-electron chi connectivity index (χ2n) is 4.50. The van der Waals surface area contributed by atoms with Gasteiger partial charge in [0.15, 0.2) is 5.84 Å². The number of hydrogen-bond donors (Lipinski definition) is 3. The predicted octanol–water partition coefficient (Wildman–Crippen LogP) is 3.46. The maximum absolute atomic E-state index is 8.70. The fraction of sp³-hybridized carbons (Fsp3) is 0.133. The molecule has 2 aromatic rings. The molecule has 0 aliphatic heterocycles. The van der Waals surface area contributed by atoms with Crippen molar-refractivity contribution in [2.24, 2.45) is 10.9 Å². The zero-order chi connectivity index (χ0) is 14.5. The van der Waals surface area contributed by atoms with Crippen molar-refractivity contribution in [2.75, 3.05) is 5.32 Å². The van der Waals surface area contributed by atoms with E-state index in [9.17, 15) is 0 Å². The lowest BCUT2D eigenvalue weighted by atomic mass is 10.1. The van der Waals surface area contributed by atoms with Crippen molar-refractivity contribution in [3.05, 3.63) is 63.6 Å². The summed E-state index contributed by atoms with van der Waals surface area (Å²) in [5.41, 5.74) is 9.62. The van der Waals surface area contributed by atoms with Crippen molar-refractivity contribution in [1.29, 1.82) is 0 Å². The van der Waals surface area contributed by atoms with Crippen LogP contribution in [0.1, 0.15) is 16.7 Å². The van der Waals surface area contributed by atoms with E-state index in [4.69, 9.17) is 10.9 Å². The molecule has 0 atom stereocenters. The van der Waals surface area contributed by atoms with Crippen molar-refractivity contribution < 1.29 is 5.21 Å². The number of nitrogens with one attached hydrogen (secondary N) is 1. The first-order chi connectivity index (χ1) is 9.60. The van der Waals surface area contributed by atoms with Gasteiger partial charge in [0.1, 0.15) is 0 Å². The van der Waals surface area contributed by atoms with E-state index >= 15 is 0 Å². The van der Waals surface area contributed by atoms with Crippen LogP contribution < -0.4 is 11.1 Å². The minimum atomic E-state index is 0.116. The standard InChI is InChI=1S/C15H16BrN3O/c1-10-5-6-13(16)8-14(10)18-9-11-3-2-4-12(7-11)15(17)19-20/h2-8,18,20H,9H2,1H3,(H2,17,19). The smallest absolute Gasteiger partial charge is 0.170 e. The number of aryl methyl sites for hydroxylation is 1. The molecule has 0 saturated heterocycles. The molecule has 0 bridgehead atoms. The third kappa shape index (κ3) is 3.51. The fourth-order valence-electron chi connectivity index (χ4n) is 1.88. The van der Waals surface area contributed by atoms with Crippen molar-refractivity contribution in [1.82, 2.24) is 0 Å². The molecule has 2 aromatic carbocycles. The Morgan fingerprint density at radius 1 is 1.30 bits per heavy atom. The van der Waals surface area contributed by atoms with E-state index in [0.717, 1.165) is 15.7 Å². The number of hydrogen-bond acceptors (Lipinski definition) is 3. The quantitative estimate of drug-likeness (QED) is 0.347. The highest BCUT2D eigenvalue weighted by Gasteiger charge is 2.02. The first-order valence-corrected chi connectivity index (χ1v) is 6.96. The largest absolute Gasteiger partial charge is 0.409 e. The lowest BCUT2D eigenvalue weighted by Crippen LogP contribution is -2.13. The van der Waals surface area contributed by atoms with Crippen LogP contribution in [0.3, 0.4) is 0 Å². The molecule has 104 valence electrons. The molecule has 0 radical (unpaired) electrons. The van der Waals surface area contributed by atoms with Crippen LogP contribution in [0.15, 0.2) is 52.1 Å². The summed E-state index contributed by atoms with van der Waals surface area (Å²) in [5.74, 6) is 0.116. The number of benzene rings is 2. The molecule has 4 N–H and O–H groups in total. The zero-order valence-corrected chi connectivity index (χ0v) is 12.7. The van der Waals surface area contributed by atoms with Gasteiger partial charge >= 0.3 is 0 Å². The minimum absolute atomic E-state index is 0.116. The zero-order valence-electron chi connectivity index (χ0n) is 11.1. The first kappa shape index (κ1) is 14.4. The van der Waals surface area contributed by atoms with E-state index in [1.165, 1.54) is 5.56 Å². The number of anilines is 1. The molecule has 0 spiro atoms. The second-order valence-corrected chi connectivity index (χ2v) is 5.41. The van der Waals surface area contributed by atoms with Crippen LogP contribution in [0.25, 0.3) is 0 Å². The third-order valence-corrected chi connectivity index (χ3v) is 3.51. The Balaban J connectivity index is 2.13. The molecule has 0 saturated carbocycles. The number of amidine groups is 1. The predicted molar refractivity (Wildman–Crippen MR) is 85.2 cm³/mol. The number of oxime groups is 1. The summed E-state index contributed by atoms with van der Waals surface area (Å²) in [4.78, 5) is 0. The lowest BCUT2D eigenvalue weighted by Gasteiger charge is -2.11. The van der Waals surface area contributed by atoms with Gasteiger partial charge < -0.3 is 16.3 Å². The second kappa shape index (κ2) is 6.43. The van der Waals surface area contributed by atoms with Crippen LogP contribution in [0.4, 0.5) is 5.69 Å². The normalized spacial score (nSPS) is 11.4. The van der Waals surface area contributed by atoms with Crippen LogP contribution >= 0.6 is 15.9 Å². The van der Waals surface area contributed by atoms with Gasteiger partial charge in [0.05, 0.1) is 0 Å². The molecule has 2 rings (SSSR count). The molecule has 0 aromatic heterocycles. The van der Waals surface area contributed by atoms with Crippen molar-refractivity contribution in [2.45, 2.75) is 13.5 Å². The lowest BCUT2D eigenvalue weighted by molar-refractivity contribution is 0.318. The van der Waals surface area contributed by atoms with Gasteiger partial charge in [-0.15, -0.1) is 0 Å². The van der Waals surface area contributed by atoms with Crippen LogP contribution in [-0.2, 0) is 6.54 Å². The maximum atomic E-state index is 8.70. The first-order valence-electron chi connectivity index (χ1n) is 6.17. The summed E-state index contributed by atoms with van der Waals surface area (Å²) in [6.07, 6.45) is 0. The summed E-state index contributed by atoms with van der Waals surface area (Å²) in [6.45, 7) is 2.73. The molecule has 0 fully saturated rings. The van der Waals surface area contributed by atoms with E-state index in [0.29, 0.717) is 12.1 Å². The Morgan fingerprint density at radius 2 is 2.10 bits per heavy atom. The van der Waals surface area contributed by atoms with Crippen molar-refractivity contribution in [3.63, 3.8) is 0 Å². The van der Waals surface area contributed by atoms with Gasteiger partial charge in [0, 0.05) is 22.3 Å². The Labute approximate surface area is 126 Å². The SMILES string of the molecule is Cc1ccc(Br)cc1NCc1cccc(C(N)=NO)c1. The van der Waals surface area contributed by atoms with Gasteiger partial charge in [-0.1, -0.05) is 45.4 Å². The van der Waals surface area contributed by atoms with E-state index < -0.39 is 0 Å². The number of nitrogens with two attached hydrogens (primary N) is 1. The van der Waals surface area contributed by atoms with Crippen LogP contribution in [-0.4, -0.2) is 11.0 Å². The number of rotatable bonds is 4. The van der Waals surface area contributed by atoms with Crippen LogP contribution in [0.5, 0.6) is 0 Å².